The zero-order chi connectivity index (χ0) is 46.5. The molecule has 2 unspecified atom stereocenters. The molecule has 64 heavy (non-hydrogen) atoms. The lowest BCUT2D eigenvalue weighted by Crippen LogP contribution is -2.45. The molecule has 0 aromatic carbocycles. The van der Waals surface area contributed by atoms with Crippen molar-refractivity contribution in [2.24, 2.45) is 0 Å². The Hall–Kier alpha value is -2.44. The van der Waals surface area contributed by atoms with Gasteiger partial charge in [0, 0.05) is 12.8 Å². The van der Waals surface area contributed by atoms with Crippen molar-refractivity contribution in [1.29, 1.82) is 0 Å². The van der Waals surface area contributed by atoms with Gasteiger partial charge in [0.05, 0.1) is 25.4 Å². The van der Waals surface area contributed by atoms with Crippen LogP contribution in [0.3, 0.4) is 0 Å². The van der Waals surface area contributed by atoms with Crippen molar-refractivity contribution < 1.29 is 24.5 Å². The Labute approximate surface area is 397 Å². The van der Waals surface area contributed by atoms with Crippen LogP contribution in [0.1, 0.15) is 271 Å². The number of ether oxygens (including phenoxy) is 1. The van der Waals surface area contributed by atoms with Gasteiger partial charge in [-0.25, -0.2) is 0 Å². The minimum absolute atomic E-state index is 0.0100. The lowest BCUT2D eigenvalue weighted by Gasteiger charge is -2.20. The average Bonchev–Trinajstić information content (AvgIpc) is 3.29. The molecule has 6 heteroatoms. The van der Waals surface area contributed by atoms with Crippen LogP contribution in [0.2, 0.25) is 0 Å². The minimum atomic E-state index is -0.850. The number of carbonyl (C=O) groups is 2. The van der Waals surface area contributed by atoms with Gasteiger partial charge in [-0.15, -0.1) is 0 Å². The monoisotopic (exact) mass is 896 g/mol. The molecular formula is C58H105NO5. The summed E-state index contributed by atoms with van der Waals surface area (Å²) in [6, 6.07) is -0.635. The fraction of sp³-hybridized carbons (Fsp3) is 0.793. The van der Waals surface area contributed by atoms with Gasteiger partial charge in [0.2, 0.25) is 5.91 Å². The van der Waals surface area contributed by atoms with E-state index in [0.29, 0.717) is 19.4 Å². The molecule has 1 amide bonds. The summed E-state index contributed by atoms with van der Waals surface area (Å²) in [4.78, 5) is 24.4. The van der Waals surface area contributed by atoms with Gasteiger partial charge in [-0.2, -0.15) is 0 Å². The number of unbranched alkanes of at least 4 members (excludes halogenated alkanes) is 31. The van der Waals surface area contributed by atoms with E-state index in [9.17, 15) is 19.8 Å². The second kappa shape index (κ2) is 53.2. The molecule has 0 aliphatic heterocycles. The maximum Gasteiger partial charge on any atom is 0.305 e. The zero-order valence-corrected chi connectivity index (χ0v) is 42.2. The summed E-state index contributed by atoms with van der Waals surface area (Å²) in [5.74, 6) is -0.0913. The number of hydrogen-bond donors (Lipinski definition) is 3. The molecule has 372 valence electrons. The van der Waals surface area contributed by atoms with E-state index in [1.54, 1.807) is 6.08 Å². The largest absolute Gasteiger partial charge is 0.466 e. The van der Waals surface area contributed by atoms with Crippen molar-refractivity contribution in [2.45, 2.75) is 283 Å². The molecule has 0 saturated heterocycles. The van der Waals surface area contributed by atoms with Gasteiger partial charge in [0.1, 0.15) is 0 Å². The maximum atomic E-state index is 12.4. The van der Waals surface area contributed by atoms with E-state index in [4.69, 9.17) is 4.74 Å². The third-order valence-corrected chi connectivity index (χ3v) is 12.2. The minimum Gasteiger partial charge on any atom is -0.466 e. The van der Waals surface area contributed by atoms with Crippen LogP contribution in [0.25, 0.3) is 0 Å². The van der Waals surface area contributed by atoms with Crippen molar-refractivity contribution in [3.05, 3.63) is 60.8 Å². The second-order valence-electron chi connectivity index (χ2n) is 18.5. The number of amides is 1. The second-order valence-corrected chi connectivity index (χ2v) is 18.5. The van der Waals surface area contributed by atoms with E-state index >= 15 is 0 Å². The normalized spacial score (nSPS) is 13.1. The summed E-state index contributed by atoms with van der Waals surface area (Å²) in [7, 11) is 0. The van der Waals surface area contributed by atoms with Crippen LogP contribution >= 0.6 is 0 Å². The van der Waals surface area contributed by atoms with Crippen LogP contribution in [-0.2, 0) is 14.3 Å². The molecule has 3 N–H and O–H groups in total. The van der Waals surface area contributed by atoms with Crippen LogP contribution in [0, 0.1) is 0 Å². The molecule has 6 nitrogen and oxygen atoms in total. The number of allylic oxidation sites excluding steroid dienone is 9. The standard InChI is InChI=1S/C58H105NO5/c1-3-5-7-9-11-13-15-27-32-36-40-44-48-52-58(63)64-53-49-45-41-37-33-29-26-24-22-20-18-16-17-19-21-23-25-28-31-35-39-43-47-51-57(62)59-55(54-60)56(61)50-46-42-38-34-30-14-12-10-8-6-4-2/h7,9,13,15-16,18-19,21,46,50,55-56,60-61H,3-6,8,10-12,14,17,20,22-45,47-49,51-54H2,1-2H3,(H,59,62)/b9-7-,15-13-,18-16-,21-19-,50-46+. The average molecular weight is 896 g/mol. The molecule has 0 bridgehead atoms. The predicted octanol–water partition coefficient (Wildman–Crippen LogP) is 16.8. The number of nitrogens with one attached hydrogen (secondary N) is 1. The number of rotatable bonds is 50. The van der Waals surface area contributed by atoms with E-state index in [0.717, 1.165) is 70.6 Å². The van der Waals surface area contributed by atoms with E-state index in [2.05, 4.69) is 67.8 Å². The highest BCUT2D eigenvalue weighted by molar-refractivity contribution is 5.76. The van der Waals surface area contributed by atoms with E-state index in [1.807, 2.05) is 6.08 Å². The molecule has 0 heterocycles. The van der Waals surface area contributed by atoms with E-state index in [-0.39, 0.29) is 18.5 Å². The quantitative estimate of drug-likeness (QED) is 0.0321. The first-order chi connectivity index (χ1) is 31.5. The van der Waals surface area contributed by atoms with Crippen LogP contribution in [-0.4, -0.2) is 47.4 Å². The molecule has 0 aliphatic carbocycles. The molecule has 2 atom stereocenters. The Morgan fingerprint density at radius 3 is 1.25 bits per heavy atom. The number of hydrogen-bond acceptors (Lipinski definition) is 5. The number of esters is 1. The fourth-order valence-electron chi connectivity index (χ4n) is 7.99. The van der Waals surface area contributed by atoms with Crippen molar-refractivity contribution in [3.8, 4) is 0 Å². The Balaban J connectivity index is 3.48. The lowest BCUT2D eigenvalue weighted by atomic mass is 10.1. The van der Waals surface area contributed by atoms with Gasteiger partial charge in [-0.1, -0.05) is 229 Å². The first-order valence-electron chi connectivity index (χ1n) is 27.6. The van der Waals surface area contributed by atoms with Crippen LogP contribution in [0.4, 0.5) is 0 Å². The zero-order valence-electron chi connectivity index (χ0n) is 42.2. The SMILES string of the molecule is CCC/C=C\C/C=C\CCCCCCCC(=O)OCCCCCCCCCCC/C=C\C/C=C\CCCCCCCCCC(=O)NC(CO)C(O)/C=C/CCCCCCCCCCC. The number of carbonyl (C=O) groups excluding carboxylic acids is 2. The van der Waals surface area contributed by atoms with Gasteiger partial charge in [0.15, 0.2) is 0 Å². The van der Waals surface area contributed by atoms with Crippen molar-refractivity contribution >= 4 is 11.9 Å². The smallest absolute Gasteiger partial charge is 0.305 e. The highest BCUT2D eigenvalue weighted by Gasteiger charge is 2.18. The Morgan fingerprint density at radius 2 is 0.812 bits per heavy atom. The summed E-state index contributed by atoms with van der Waals surface area (Å²) in [5, 5.41) is 23.0. The molecule has 0 spiro atoms. The molecule has 0 fully saturated rings. The van der Waals surface area contributed by atoms with E-state index < -0.39 is 12.1 Å². The molecule has 0 aromatic rings. The molecule has 0 aliphatic rings. The van der Waals surface area contributed by atoms with Gasteiger partial charge in [0.25, 0.3) is 0 Å². The topological polar surface area (TPSA) is 95.9 Å². The third kappa shape index (κ3) is 49.0. The highest BCUT2D eigenvalue weighted by atomic mass is 16.5. The summed E-state index contributed by atoms with van der Waals surface area (Å²) >= 11 is 0. The van der Waals surface area contributed by atoms with Crippen LogP contribution in [0.15, 0.2) is 60.8 Å². The van der Waals surface area contributed by atoms with Gasteiger partial charge < -0.3 is 20.3 Å². The molecule has 0 rings (SSSR count). The summed E-state index contributed by atoms with van der Waals surface area (Å²) in [6.45, 7) is 4.80. The first kappa shape index (κ1) is 61.6. The lowest BCUT2D eigenvalue weighted by molar-refractivity contribution is -0.143. The van der Waals surface area contributed by atoms with Crippen molar-refractivity contribution in [1.82, 2.24) is 5.32 Å². The summed E-state index contributed by atoms with van der Waals surface area (Å²) in [5.41, 5.74) is 0. The van der Waals surface area contributed by atoms with E-state index in [1.165, 1.54) is 173 Å². The predicted molar refractivity (Wildman–Crippen MR) is 278 cm³/mol. The van der Waals surface area contributed by atoms with Gasteiger partial charge in [-0.3, -0.25) is 9.59 Å². The Morgan fingerprint density at radius 1 is 0.438 bits per heavy atom. The Kier molecular flexibility index (Phi) is 51.2. The fourth-order valence-corrected chi connectivity index (χ4v) is 7.99. The third-order valence-electron chi connectivity index (χ3n) is 12.2. The number of aliphatic hydroxyl groups is 2. The Bertz CT molecular complexity index is 1130. The van der Waals surface area contributed by atoms with Gasteiger partial charge in [-0.05, 0) is 89.9 Å². The summed E-state index contributed by atoms with van der Waals surface area (Å²) < 4.78 is 5.45. The van der Waals surface area contributed by atoms with Crippen LogP contribution < -0.4 is 5.32 Å². The molecular weight excluding hydrogens is 791 g/mol. The maximum absolute atomic E-state index is 12.4. The summed E-state index contributed by atoms with van der Waals surface area (Å²) in [6.07, 6.45) is 68.1. The number of aliphatic hydroxyl groups excluding tert-OH is 2. The first-order valence-corrected chi connectivity index (χ1v) is 27.6. The van der Waals surface area contributed by atoms with Crippen LogP contribution in [0.5, 0.6) is 0 Å². The van der Waals surface area contributed by atoms with Gasteiger partial charge >= 0.3 is 5.97 Å². The van der Waals surface area contributed by atoms with Crippen molar-refractivity contribution in [2.75, 3.05) is 13.2 Å². The van der Waals surface area contributed by atoms with Crippen molar-refractivity contribution in [3.63, 3.8) is 0 Å². The highest BCUT2D eigenvalue weighted by Crippen LogP contribution is 2.15. The molecule has 0 aromatic heterocycles. The molecule has 0 saturated carbocycles. The molecule has 0 radical (unpaired) electrons.